The van der Waals surface area contributed by atoms with Crippen molar-refractivity contribution in [3.8, 4) is 6.07 Å². The molecule has 0 bridgehead atoms. The van der Waals surface area contributed by atoms with Gasteiger partial charge in [-0.2, -0.15) is 18.0 Å². The summed E-state index contributed by atoms with van der Waals surface area (Å²) in [6, 6.07) is 5.18. The van der Waals surface area contributed by atoms with E-state index in [1.807, 2.05) is 35.8 Å². The summed E-state index contributed by atoms with van der Waals surface area (Å²) in [4.78, 5) is 3.75. The zero-order chi connectivity index (χ0) is 14.9. The molecule has 0 atom stereocenters. The molecule has 0 aliphatic carbocycles. The molecule has 21 heavy (non-hydrogen) atoms. The fourth-order valence-electron chi connectivity index (χ4n) is 2.09. The minimum atomic E-state index is -0.888. The van der Waals surface area contributed by atoms with Crippen molar-refractivity contribution in [1.29, 1.82) is 5.26 Å². The van der Waals surface area contributed by atoms with Crippen LogP contribution in [0.1, 0.15) is 31.9 Å². The van der Waals surface area contributed by atoms with Gasteiger partial charge in [0.15, 0.2) is 0 Å². The Balaban J connectivity index is 0.00000220. The topological polar surface area (TPSA) is 30.3 Å². The van der Waals surface area contributed by atoms with Gasteiger partial charge in [-0.05, 0) is 32.8 Å². The van der Waals surface area contributed by atoms with Crippen molar-refractivity contribution in [3.05, 3.63) is 54.0 Å². The van der Waals surface area contributed by atoms with Gasteiger partial charge in [-0.3, -0.25) is 8.78 Å². The van der Waals surface area contributed by atoms with Crippen molar-refractivity contribution < 1.29 is 28.9 Å². The molecule has 1 aromatic carbocycles. The molecule has 0 fully saturated rings. The van der Waals surface area contributed by atoms with Gasteiger partial charge in [0.1, 0.15) is 0 Å². The molecule has 0 saturated heterocycles. The minimum Gasteiger partial charge on any atom is -0.508 e. The Morgan fingerprint density at radius 1 is 1.38 bits per heavy atom. The van der Waals surface area contributed by atoms with Crippen molar-refractivity contribution in [2.24, 2.45) is 0 Å². The van der Waals surface area contributed by atoms with Gasteiger partial charge in [-0.1, -0.05) is 6.92 Å². The van der Waals surface area contributed by atoms with Crippen LogP contribution in [0.15, 0.2) is 18.5 Å². The Bertz CT molecular complexity index is 593. The van der Waals surface area contributed by atoms with Gasteiger partial charge in [-0.25, -0.2) is 0 Å². The van der Waals surface area contributed by atoms with Gasteiger partial charge >= 0.3 is 0 Å². The molecule has 1 aromatic rings. The maximum atomic E-state index is 14.3. The van der Waals surface area contributed by atoms with Crippen molar-refractivity contribution >= 4 is 0 Å². The predicted octanol–water partition coefficient (Wildman–Crippen LogP) is 3.10. The summed E-state index contributed by atoms with van der Waals surface area (Å²) in [5.41, 5.74) is -1.18. The van der Waals surface area contributed by atoms with Crippen molar-refractivity contribution in [2.45, 2.75) is 26.3 Å². The number of nitriles is 1. The number of hydrogen-bond donors (Lipinski definition) is 0. The van der Waals surface area contributed by atoms with Gasteiger partial charge in [0.25, 0.3) is 0 Å². The molecule has 0 amide bonds. The summed E-state index contributed by atoms with van der Waals surface area (Å²) >= 11 is 0. The fourth-order valence-corrected chi connectivity index (χ4v) is 2.09. The van der Waals surface area contributed by atoms with Crippen LogP contribution in [-0.4, -0.2) is 16.3 Å². The standard InChI is InChI=1S/C15H15F2N3.Ir/c1-4-19-7-8-20(10-19)15(2,3)12-5-6-13(16)11(9-18)14(12)17;/h6-8,10H,4H2,1-3H3;/q-2;. The second kappa shape index (κ2) is 6.55. The molecular formula is C15H15F2IrN3-2. The largest absolute Gasteiger partial charge is 0.508 e. The Morgan fingerprint density at radius 3 is 2.57 bits per heavy atom. The zero-order valence-electron chi connectivity index (χ0n) is 11.9. The maximum Gasteiger partial charge on any atom is 0.0783 e. The third kappa shape index (κ3) is 3.09. The first kappa shape index (κ1) is 17.6. The number of hydrogen-bond acceptors (Lipinski definition) is 3. The quantitative estimate of drug-likeness (QED) is 0.641. The van der Waals surface area contributed by atoms with Crippen molar-refractivity contribution in [1.82, 2.24) is 9.80 Å². The van der Waals surface area contributed by atoms with Gasteiger partial charge in [0.2, 0.25) is 0 Å². The average Bonchev–Trinajstić information content (AvgIpc) is 2.88. The molecule has 0 spiro atoms. The monoisotopic (exact) mass is 468 g/mol. The summed E-state index contributed by atoms with van der Waals surface area (Å²) in [7, 11) is 0. The van der Waals surface area contributed by atoms with Crippen LogP contribution in [0.3, 0.4) is 0 Å². The summed E-state index contributed by atoms with van der Waals surface area (Å²) in [5, 5.41) is 8.85. The molecular weight excluding hydrogens is 452 g/mol. The van der Waals surface area contributed by atoms with Crippen molar-refractivity contribution in [2.75, 3.05) is 6.54 Å². The van der Waals surface area contributed by atoms with Crippen LogP contribution in [0, 0.1) is 35.7 Å². The van der Waals surface area contributed by atoms with Gasteiger partial charge in [-0.15, -0.1) is 11.6 Å². The van der Waals surface area contributed by atoms with E-state index in [2.05, 4.69) is 6.07 Å². The third-order valence-corrected chi connectivity index (χ3v) is 3.45. The third-order valence-electron chi connectivity index (χ3n) is 3.45. The number of halogens is 2. The molecule has 1 aliphatic heterocycles. The van der Waals surface area contributed by atoms with Gasteiger partial charge in [0, 0.05) is 42.8 Å². The Hall–Kier alpha value is -1.44. The van der Waals surface area contributed by atoms with E-state index < -0.39 is 22.7 Å². The molecule has 1 heterocycles. The molecule has 0 aromatic heterocycles. The van der Waals surface area contributed by atoms with E-state index in [1.165, 1.54) is 0 Å². The van der Waals surface area contributed by atoms with Crippen LogP contribution in [0.5, 0.6) is 0 Å². The van der Waals surface area contributed by atoms with Gasteiger partial charge in [0.05, 0.1) is 6.07 Å². The van der Waals surface area contributed by atoms with Crippen LogP contribution >= 0.6 is 0 Å². The van der Waals surface area contributed by atoms with E-state index in [0.29, 0.717) is 0 Å². The molecule has 1 radical (unpaired) electrons. The first-order valence-corrected chi connectivity index (χ1v) is 6.29. The van der Waals surface area contributed by atoms with Crippen LogP contribution < -0.4 is 0 Å². The Morgan fingerprint density at radius 2 is 2.05 bits per heavy atom. The van der Waals surface area contributed by atoms with Crippen LogP contribution in [0.25, 0.3) is 0 Å². The van der Waals surface area contributed by atoms with E-state index in [1.54, 1.807) is 19.9 Å². The molecule has 1 aliphatic rings. The molecule has 115 valence electrons. The molecule has 0 saturated carbocycles. The molecule has 3 nitrogen and oxygen atoms in total. The van der Waals surface area contributed by atoms with E-state index >= 15 is 0 Å². The predicted molar refractivity (Wildman–Crippen MR) is 70.6 cm³/mol. The summed E-state index contributed by atoms with van der Waals surface area (Å²) in [6.07, 6.45) is 3.68. The van der Waals surface area contributed by atoms with Crippen molar-refractivity contribution in [3.63, 3.8) is 0 Å². The van der Waals surface area contributed by atoms with E-state index in [9.17, 15) is 8.78 Å². The Kier molecular flexibility index (Phi) is 5.49. The first-order valence-electron chi connectivity index (χ1n) is 6.29. The smallest absolute Gasteiger partial charge is 0.0783 e. The van der Waals surface area contributed by atoms with E-state index in [4.69, 9.17) is 5.26 Å². The molecule has 0 N–H and O–H groups in total. The summed E-state index contributed by atoms with van der Waals surface area (Å²) < 4.78 is 27.7. The van der Waals surface area contributed by atoms with E-state index in [-0.39, 0.29) is 25.7 Å². The minimum absolute atomic E-state index is 0. The summed E-state index contributed by atoms with van der Waals surface area (Å²) in [5.74, 6) is -1.74. The molecule has 0 unspecified atom stereocenters. The van der Waals surface area contributed by atoms with Crippen LogP contribution in [0.4, 0.5) is 8.78 Å². The van der Waals surface area contributed by atoms with Crippen LogP contribution in [0.2, 0.25) is 0 Å². The maximum absolute atomic E-state index is 14.3. The normalized spacial score (nSPS) is 14.1. The number of rotatable bonds is 3. The molecule has 6 heteroatoms. The fraction of sp³-hybridized carbons (Fsp3) is 0.333. The summed E-state index contributed by atoms with van der Waals surface area (Å²) in [6.45, 7) is 8.21. The Labute approximate surface area is 137 Å². The second-order valence-corrected chi connectivity index (χ2v) is 5.02. The SMILES string of the molecule is CCN1C=CN(C(C)(C)c2[c-]cc(F)c(C#N)c2F)[CH-]1.[Ir]. The van der Waals surface area contributed by atoms with E-state index in [0.717, 1.165) is 12.6 Å². The molecule has 2 rings (SSSR count). The number of benzene rings is 1. The van der Waals surface area contributed by atoms with Crippen LogP contribution in [-0.2, 0) is 25.6 Å². The number of nitrogens with zero attached hydrogens (tertiary/aromatic N) is 3. The second-order valence-electron chi connectivity index (χ2n) is 5.02. The first-order chi connectivity index (χ1) is 9.41. The average molecular weight is 468 g/mol. The zero-order valence-corrected chi connectivity index (χ0v) is 14.3. The van der Waals surface area contributed by atoms with Gasteiger partial charge < -0.3 is 9.80 Å².